The Kier molecular flexibility index (Phi) is 4.57. The van der Waals surface area contributed by atoms with E-state index in [-0.39, 0.29) is 5.91 Å². The predicted molar refractivity (Wildman–Crippen MR) is 90.9 cm³/mol. The Hall–Kier alpha value is -2.40. The van der Waals surface area contributed by atoms with E-state index >= 15 is 0 Å². The van der Waals surface area contributed by atoms with Gasteiger partial charge in [-0.05, 0) is 30.2 Å². The van der Waals surface area contributed by atoms with Crippen molar-refractivity contribution in [1.82, 2.24) is 20.1 Å². The number of hydrogen-bond acceptors (Lipinski definition) is 3. The lowest BCUT2D eigenvalue weighted by molar-refractivity contribution is -0.120. The van der Waals surface area contributed by atoms with Crippen LogP contribution >= 0.6 is 11.6 Å². The fourth-order valence-electron chi connectivity index (χ4n) is 2.52. The molecule has 6 heteroatoms. The smallest absolute Gasteiger partial charge is 0.224 e. The summed E-state index contributed by atoms with van der Waals surface area (Å²) in [5.41, 5.74) is 1.95. The fraction of sp³-hybridized carbons (Fsp3) is 0.235. The van der Waals surface area contributed by atoms with E-state index in [1.54, 1.807) is 6.07 Å². The van der Waals surface area contributed by atoms with Gasteiger partial charge in [0.05, 0.1) is 11.9 Å². The van der Waals surface area contributed by atoms with E-state index in [1.807, 2.05) is 48.0 Å². The summed E-state index contributed by atoms with van der Waals surface area (Å²) in [6.07, 6.45) is 3.20. The number of halogens is 1. The van der Waals surface area contributed by atoms with Crippen LogP contribution in [-0.4, -0.2) is 27.2 Å². The van der Waals surface area contributed by atoms with Crippen LogP contribution in [0.25, 0.3) is 16.7 Å². The number of aromatic nitrogens is 3. The van der Waals surface area contributed by atoms with Crippen LogP contribution in [-0.2, 0) is 11.2 Å². The quantitative estimate of drug-likeness (QED) is 0.782. The molecule has 1 aromatic carbocycles. The molecular formula is C17H17ClN4O. The average Bonchev–Trinajstić information content (AvgIpc) is 2.92. The highest BCUT2D eigenvalue weighted by atomic mass is 35.5. The highest BCUT2D eigenvalue weighted by molar-refractivity contribution is 6.29. The average molecular weight is 329 g/mol. The van der Waals surface area contributed by atoms with Gasteiger partial charge in [0.1, 0.15) is 0 Å². The third-order valence-electron chi connectivity index (χ3n) is 3.58. The van der Waals surface area contributed by atoms with Gasteiger partial charge in [-0.1, -0.05) is 36.7 Å². The molecule has 3 aromatic rings. The number of nitrogens with zero attached hydrogens (tertiary/aromatic N) is 3. The monoisotopic (exact) mass is 328 g/mol. The van der Waals surface area contributed by atoms with Gasteiger partial charge < -0.3 is 5.32 Å². The van der Waals surface area contributed by atoms with Crippen molar-refractivity contribution in [3.63, 3.8) is 0 Å². The molecule has 0 unspecified atom stereocenters. The van der Waals surface area contributed by atoms with Gasteiger partial charge in [0, 0.05) is 18.1 Å². The summed E-state index contributed by atoms with van der Waals surface area (Å²) in [4.78, 5) is 12.0. The van der Waals surface area contributed by atoms with Crippen LogP contribution in [0.15, 0.2) is 42.6 Å². The van der Waals surface area contributed by atoms with E-state index in [1.165, 1.54) is 0 Å². The molecule has 2 heterocycles. The third kappa shape index (κ3) is 3.35. The number of fused-ring (bicyclic) bond motifs is 1. The number of carbonyl (C=O) groups is 1. The van der Waals surface area contributed by atoms with Crippen LogP contribution in [0.2, 0.25) is 5.15 Å². The Morgan fingerprint density at radius 2 is 2.04 bits per heavy atom. The minimum Gasteiger partial charge on any atom is -0.356 e. The van der Waals surface area contributed by atoms with Gasteiger partial charge in [-0.3, -0.25) is 9.36 Å². The summed E-state index contributed by atoms with van der Waals surface area (Å²) < 4.78 is 1.93. The molecule has 0 saturated carbocycles. The van der Waals surface area contributed by atoms with E-state index in [2.05, 4.69) is 15.5 Å². The van der Waals surface area contributed by atoms with E-state index in [0.29, 0.717) is 23.9 Å². The number of rotatable bonds is 5. The predicted octanol–water partition coefficient (Wildman–Crippen LogP) is 3.14. The van der Waals surface area contributed by atoms with Crippen molar-refractivity contribution in [3.8, 4) is 5.82 Å². The molecule has 23 heavy (non-hydrogen) atoms. The minimum absolute atomic E-state index is 0.0249. The molecule has 0 aliphatic heterocycles. The van der Waals surface area contributed by atoms with Gasteiger partial charge >= 0.3 is 0 Å². The van der Waals surface area contributed by atoms with E-state index in [4.69, 9.17) is 11.6 Å². The van der Waals surface area contributed by atoms with E-state index in [0.717, 1.165) is 22.9 Å². The van der Waals surface area contributed by atoms with E-state index < -0.39 is 0 Å². The molecular weight excluding hydrogens is 312 g/mol. The van der Waals surface area contributed by atoms with Crippen LogP contribution in [0.1, 0.15) is 18.9 Å². The lowest BCUT2D eigenvalue weighted by Gasteiger charge is -2.02. The maximum absolute atomic E-state index is 12.0. The molecule has 2 aromatic heterocycles. The summed E-state index contributed by atoms with van der Waals surface area (Å²) in [6, 6.07) is 11.4. The van der Waals surface area contributed by atoms with Crippen molar-refractivity contribution < 1.29 is 4.79 Å². The van der Waals surface area contributed by atoms with Crippen LogP contribution in [0, 0.1) is 0 Å². The Balaban J connectivity index is 2.00. The van der Waals surface area contributed by atoms with Gasteiger partial charge in [0.25, 0.3) is 0 Å². The first-order valence-electron chi connectivity index (χ1n) is 7.54. The Labute approximate surface area is 139 Å². The lowest BCUT2D eigenvalue weighted by atomic mass is 10.1. The molecule has 0 atom stereocenters. The SMILES string of the molecule is CCCNC(=O)Cc1cn(-c2ccc(Cl)nn2)c2ccccc12. The standard InChI is InChI=1S/C17H17ClN4O/c1-2-9-19-17(23)10-12-11-22(14-6-4-3-5-13(12)14)16-8-7-15(18)20-21-16/h3-8,11H,2,9-10H2,1H3,(H,19,23). The normalized spacial score (nSPS) is 10.9. The van der Waals surface area contributed by atoms with Crippen LogP contribution in [0.4, 0.5) is 0 Å². The second-order valence-corrected chi connectivity index (χ2v) is 5.67. The van der Waals surface area contributed by atoms with Gasteiger partial charge in [-0.15, -0.1) is 10.2 Å². The Bertz CT molecular complexity index is 826. The second kappa shape index (κ2) is 6.79. The number of para-hydroxylation sites is 1. The zero-order valence-corrected chi connectivity index (χ0v) is 13.5. The zero-order chi connectivity index (χ0) is 16.2. The highest BCUT2D eigenvalue weighted by Gasteiger charge is 2.13. The van der Waals surface area contributed by atoms with Crippen molar-refractivity contribution in [3.05, 3.63) is 53.3 Å². The largest absolute Gasteiger partial charge is 0.356 e. The maximum Gasteiger partial charge on any atom is 0.224 e. The zero-order valence-electron chi connectivity index (χ0n) is 12.8. The molecule has 1 N–H and O–H groups in total. The van der Waals surface area contributed by atoms with Crippen LogP contribution in [0.3, 0.4) is 0 Å². The van der Waals surface area contributed by atoms with Gasteiger partial charge in [-0.2, -0.15) is 0 Å². The molecule has 0 aliphatic carbocycles. The second-order valence-electron chi connectivity index (χ2n) is 5.28. The third-order valence-corrected chi connectivity index (χ3v) is 3.78. The Morgan fingerprint density at radius 1 is 1.22 bits per heavy atom. The van der Waals surface area contributed by atoms with Gasteiger partial charge in [0.15, 0.2) is 11.0 Å². The fourth-order valence-corrected chi connectivity index (χ4v) is 2.62. The first-order chi connectivity index (χ1) is 11.2. The minimum atomic E-state index is 0.0249. The first-order valence-corrected chi connectivity index (χ1v) is 7.92. The molecule has 1 amide bonds. The molecule has 5 nitrogen and oxygen atoms in total. The number of benzene rings is 1. The molecule has 0 saturated heterocycles. The number of nitrogens with one attached hydrogen (secondary N) is 1. The molecule has 0 radical (unpaired) electrons. The number of carbonyl (C=O) groups excluding carboxylic acids is 1. The molecule has 3 rings (SSSR count). The molecule has 0 fully saturated rings. The summed E-state index contributed by atoms with van der Waals surface area (Å²) in [6.45, 7) is 2.73. The summed E-state index contributed by atoms with van der Waals surface area (Å²) >= 11 is 5.80. The Morgan fingerprint density at radius 3 is 2.78 bits per heavy atom. The van der Waals surface area contributed by atoms with Gasteiger partial charge in [-0.25, -0.2) is 0 Å². The summed E-state index contributed by atoms with van der Waals surface area (Å²) in [5.74, 6) is 0.697. The molecule has 0 aliphatic rings. The summed E-state index contributed by atoms with van der Waals surface area (Å²) in [7, 11) is 0. The van der Waals surface area contributed by atoms with Gasteiger partial charge in [0.2, 0.25) is 5.91 Å². The number of hydrogen-bond donors (Lipinski definition) is 1. The molecule has 118 valence electrons. The lowest BCUT2D eigenvalue weighted by Crippen LogP contribution is -2.25. The van der Waals surface area contributed by atoms with Crippen molar-refractivity contribution >= 4 is 28.4 Å². The first kappa shape index (κ1) is 15.5. The van der Waals surface area contributed by atoms with Crippen molar-refractivity contribution in [2.75, 3.05) is 6.54 Å². The van der Waals surface area contributed by atoms with Crippen molar-refractivity contribution in [1.29, 1.82) is 0 Å². The van der Waals surface area contributed by atoms with E-state index in [9.17, 15) is 4.79 Å². The molecule has 0 bridgehead atoms. The summed E-state index contributed by atoms with van der Waals surface area (Å²) in [5, 5.41) is 12.3. The highest BCUT2D eigenvalue weighted by Crippen LogP contribution is 2.24. The topological polar surface area (TPSA) is 59.8 Å². The van der Waals surface area contributed by atoms with Crippen molar-refractivity contribution in [2.24, 2.45) is 0 Å². The van der Waals surface area contributed by atoms with Crippen LogP contribution in [0.5, 0.6) is 0 Å². The maximum atomic E-state index is 12.0. The van der Waals surface area contributed by atoms with Crippen molar-refractivity contribution in [2.45, 2.75) is 19.8 Å². The van der Waals surface area contributed by atoms with Crippen LogP contribution < -0.4 is 5.32 Å². The molecule has 0 spiro atoms. The number of amides is 1.